The van der Waals surface area contributed by atoms with Gasteiger partial charge in [0.25, 0.3) is 0 Å². The summed E-state index contributed by atoms with van der Waals surface area (Å²) in [6, 6.07) is 7.83. The Bertz CT molecular complexity index is 630. The summed E-state index contributed by atoms with van der Waals surface area (Å²) in [6.07, 6.45) is 2.80. The number of nitrogens with zero attached hydrogens (tertiary/aromatic N) is 2. The van der Waals surface area contributed by atoms with E-state index in [9.17, 15) is 9.59 Å². The lowest BCUT2D eigenvalue weighted by Gasteiger charge is -2.33. The van der Waals surface area contributed by atoms with E-state index < -0.39 is 0 Å². The highest BCUT2D eigenvalue weighted by Crippen LogP contribution is 2.26. The van der Waals surface area contributed by atoms with Crippen LogP contribution in [0.4, 0.5) is 5.69 Å². The van der Waals surface area contributed by atoms with Crippen LogP contribution in [-0.4, -0.2) is 73.2 Å². The monoisotopic (exact) mass is 390 g/mol. The van der Waals surface area contributed by atoms with E-state index in [1.165, 1.54) is 0 Å². The van der Waals surface area contributed by atoms with Crippen LogP contribution < -0.4 is 10.6 Å². The lowest BCUT2D eigenvalue weighted by molar-refractivity contribution is -0.123. The van der Waals surface area contributed by atoms with Gasteiger partial charge < -0.3 is 10.6 Å². The van der Waals surface area contributed by atoms with Crippen LogP contribution >= 0.6 is 11.8 Å². The highest BCUT2D eigenvalue weighted by molar-refractivity contribution is 7.99. The molecule has 27 heavy (non-hydrogen) atoms. The molecule has 0 unspecified atom stereocenters. The maximum Gasteiger partial charge on any atom is 0.238 e. The van der Waals surface area contributed by atoms with E-state index in [-0.39, 0.29) is 11.8 Å². The van der Waals surface area contributed by atoms with Gasteiger partial charge in [-0.05, 0) is 18.6 Å². The van der Waals surface area contributed by atoms with E-state index in [4.69, 9.17) is 0 Å². The number of carbonyl (C=O) groups is 2. The highest BCUT2D eigenvalue weighted by atomic mass is 32.2. The van der Waals surface area contributed by atoms with Crippen molar-refractivity contribution in [3.05, 3.63) is 36.9 Å². The maximum atomic E-state index is 12.4. The molecular weight excluding hydrogens is 360 g/mol. The van der Waals surface area contributed by atoms with Crippen LogP contribution in [0.3, 0.4) is 0 Å². The number of amides is 2. The minimum absolute atomic E-state index is 0.00390. The van der Waals surface area contributed by atoms with E-state index in [1.54, 1.807) is 11.8 Å². The second-order valence-corrected chi connectivity index (χ2v) is 7.61. The number of thioether (sulfide) groups is 1. The average molecular weight is 391 g/mol. The van der Waals surface area contributed by atoms with Crippen molar-refractivity contribution >= 4 is 29.3 Å². The molecule has 1 aromatic rings. The summed E-state index contributed by atoms with van der Waals surface area (Å²) in [5.74, 6) is 0.883. The van der Waals surface area contributed by atoms with E-state index in [0.29, 0.717) is 13.1 Å². The van der Waals surface area contributed by atoms with Gasteiger partial charge in [0.15, 0.2) is 0 Å². The molecule has 1 fully saturated rings. The third-order valence-corrected chi connectivity index (χ3v) is 5.36. The summed E-state index contributed by atoms with van der Waals surface area (Å²) in [5, 5.41) is 5.92. The third kappa shape index (κ3) is 7.74. The number of benzene rings is 1. The normalized spacial score (nSPS) is 15.3. The Morgan fingerprint density at radius 2 is 1.74 bits per heavy atom. The molecule has 7 heteroatoms. The lowest BCUT2D eigenvalue weighted by atomic mass is 10.3. The predicted octanol–water partition coefficient (Wildman–Crippen LogP) is 2.05. The molecule has 1 aliphatic heterocycles. The molecular formula is C20H30N4O2S. The molecule has 1 aromatic carbocycles. The Kier molecular flexibility index (Phi) is 9.38. The van der Waals surface area contributed by atoms with Crippen LogP contribution in [0, 0.1) is 0 Å². The summed E-state index contributed by atoms with van der Waals surface area (Å²) in [4.78, 5) is 29.5. The van der Waals surface area contributed by atoms with Crippen molar-refractivity contribution in [2.45, 2.75) is 18.2 Å². The fourth-order valence-electron chi connectivity index (χ4n) is 2.87. The van der Waals surface area contributed by atoms with Crippen molar-refractivity contribution < 1.29 is 9.59 Å². The van der Waals surface area contributed by atoms with Crippen molar-refractivity contribution in [3.8, 4) is 0 Å². The minimum atomic E-state index is -0.00390. The van der Waals surface area contributed by atoms with Crippen molar-refractivity contribution in [2.75, 3.05) is 56.9 Å². The minimum Gasteiger partial charge on any atom is -0.355 e. The lowest BCUT2D eigenvalue weighted by Crippen LogP contribution is -2.51. The molecule has 2 N–H and O–H groups in total. The van der Waals surface area contributed by atoms with Crippen LogP contribution in [0.25, 0.3) is 0 Å². The van der Waals surface area contributed by atoms with Crippen LogP contribution in [0.2, 0.25) is 0 Å². The fourth-order valence-corrected chi connectivity index (χ4v) is 3.61. The van der Waals surface area contributed by atoms with Crippen molar-refractivity contribution in [1.82, 2.24) is 15.1 Å². The van der Waals surface area contributed by atoms with Gasteiger partial charge in [0, 0.05) is 43.4 Å². The largest absolute Gasteiger partial charge is 0.355 e. The average Bonchev–Trinajstić information content (AvgIpc) is 2.67. The van der Waals surface area contributed by atoms with Crippen molar-refractivity contribution in [2.24, 2.45) is 0 Å². The Balaban J connectivity index is 1.75. The van der Waals surface area contributed by atoms with Gasteiger partial charge >= 0.3 is 0 Å². The topological polar surface area (TPSA) is 64.7 Å². The first kappa shape index (κ1) is 21.5. The van der Waals surface area contributed by atoms with Gasteiger partial charge in [0.2, 0.25) is 11.8 Å². The van der Waals surface area contributed by atoms with Crippen LogP contribution in [0.15, 0.2) is 41.8 Å². The smallest absolute Gasteiger partial charge is 0.238 e. The summed E-state index contributed by atoms with van der Waals surface area (Å²) >= 11 is 1.66. The highest BCUT2D eigenvalue weighted by Gasteiger charge is 2.20. The number of para-hydroxylation sites is 1. The Morgan fingerprint density at radius 1 is 1.11 bits per heavy atom. The Hall–Kier alpha value is -1.83. The van der Waals surface area contributed by atoms with Crippen molar-refractivity contribution in [1.29, 1.82) is 0 Å². The summed E-state index contributed by atoms with van der Waals surface area (Å²) in [5.41, 5.74) is 0.848. The summed E-state index contributed by atoms with van der Waals surface area (Å²) in [7, 11) is 0. The van der Waals surface area contributed by atoms with Crippen molar-refractivity contribution in [3.63, 3.8) is 0 Å². The summed E-state index contributed by atoms with van der Waals surface area (Å²) < 4.78 is 0. The molecule has 1 heterocycles. The molecule has 1 saturated heterocycles. The molecule has 0 saturated carbocycles. The van der Waals surface area contributed by atoms with Gasteiger partial charge in [-0.15, -0.1) is 18.3 Å². The second kappa shape index (κ2) is 11.8. The SMILES string of the molecule is C=CCSc1ccccc1NC(=O)CN1CCN(CC(=O)NCCC)CC1. The van der Waals surface area contributed by atoms with E-state index >= 15 is 0 Å². The quantitative estimate of drug-likeness (QED) is 0.473. The number of carbonyl (C=O) groups excluding carboxylic acids is 2. The van der Waals surface area contributed by atoms with E-state index in [1.807, 2.05) is 37.3 Å². The van der Waals surface area contributed by atoms with E-state index in [0.717, 1.165) is 55.5 Å². The van der Waals surface area contributed by atoms with Gasteiger partial charge in [0.05, 0.1) is 18.8 Å². The van der Waals surface area contributed by atoms with Crippen LogP contribution in [0.1, 0.15) is 13.3 Å². The molecule has 0 aliphatic carbocycles. The first-order chi connectivity index (χ1) is 13.1. The Morgan fingerprint density at radius 3 is 2.37 bits per heavy atom. The molecule has 2 rings (SSSR count). The van der Waals surface area contributed by atoms with Gasteiger partial charge in [-0.25, -0.2) is 0 Å². The first-order valence-electron chi connectivity index (χ1n) is 9.46. The fraction of sp³-hybridized carbons (Fsp3) is 0.500. The zero-order chi connectivity index (χ0) is 19.5. The Labute approximate surface area is 166 Å². The molecule has 0 aromatic heterocycles. The van der Waals surface area contributed by atoms with Crippen LogP contribution in [-0.2, 0) is 9.59 Å². The van der Waals surface area contributed by atoms with E-state index in [2.05, 4.69) is 27.0 Å². The zero-order valence-corrected chi connectivity index (χ0v) is 16.9. The van der Waals surface area contributed by atoms with Gasteiger partial charge in [0.1, 0.15) is 0 Å². The standard InChI is InChI=1S/C20H30N4O2S/c1-3-9-21-19(25)15-23-10-12-24(13-11-23)16-20(26)22-17-7-5-6-8-18(17)27-14-4-2/h4-8H,2-3,9-16H2,1H3,(H,21,25)(H,22,26). The predicted molar refractivity (Wildman–Crippen MR) is 112 cm³/mol. The molecule has 148 valence electrons. The molecule has 0 atom stereocenters. The number of rotatable bonds is 10. The van der Waals surface area contributed by atoms with Gasteiger partial charge in [-0.3, -0.25) is 19.4 Å². The van der Waals surface area contributed by atoms with Gasteiger partial charge in [-0.2, -0.15) is 0 Å². The zero-order valence-electron chi connectivity index (χ0n) is 16.1. The molecule has 0 bridgehead atoms. The molecule has 2 amide bonds. The first-order valence-corrected chi connectivity index (χ1v) is 10.4. The summed E-state index contributed by atoms with van der Waals surface area (Å²) in [6.45, 7) is 10.5. The second-order valence-electron chi connectivity index (χ2n) is 6.55. The third-order valence-electron chi connectivity index (χ3n) is 4.29. The molecule has 0 radical (unpaired) electrons. The van der Waals surface area contributed by atoms with Crippen LogP contribution in [0.5, 0.6) is 0 Å². The number of hydrogen-bond acceptors (Lipinski definition) is 5. The maximum absolute atomic E-state index is 12.4. The van der Waals surface area contributed by atoms with Gasteiger partial charge in [-0.1, -0.05) is 25.1 Å². The number of anilines is 1. The molecule has 0 spiro atoms. The number of piperazine rings is 1. The molecule has 1 aliphatic rings. The molecule has 6 nitrogen and oxygen atoms in total. The number of hydrogen-bond donors (Lipinski definition) is 2. The number of nitrogens with one attached hydrogen (secondary N) is 2.